The van der Waals surface area contributed by atoms with E-state index in [-0.39, 0.29) is 11.6 Å². The van der Waals surface area contributed by atoms with E-state index in [0.29, 0.717) is 11.6 Å². The zero-order valence-corrected chi connectivity index (χ0v) is 13.7. The number of aromatic nitrogens is 2. The lowest BCUT2D eigenvalue weighted by atomic mass is 10.2. The van der Waals surface area contributed by atoms with Gasteiger partial charge in [-0.15, -0.1) is 0 Å². The van der Waals surface area contributed by atoms with Gasteiger partial charge in [0.1, 0.15) is 18.1 Å². The number of nitrogens with one attached hydrogen (secondary N) is 2. The van der Waals surface area contributed by atoms with E-state index in [1.807, 2.05) is 12.1 Å². The first kappa shape index (κ1) is 18.3. The number of rotatable bonds is 4. The van der Waals surface area contributed by atoms with Crippen molar-refractivity contribution in [3.8, 4) is 0 Å². The number of hydrogen-bond donors (Lipinski definition) is 2. The van der Waals surface area contributed by atoms with E-state index in [1.165, 1.54) is 0 Å². The van der Waals surface area contributed by atoms with Crippen LogP contribution in [0.2, 0.25) is 0 Å². The minimum absolute atomic E-state index is 0.267. The first-order valence-corrected chi connectivity index (χ1v) is 7.80. The maximum atomic E-state index is 12.7. The number of hydrogen-bond acceptors (Lipinski definition) is 4. The minimum atomic E-state index is -4.55. The molecular formula is C18H13F3N4O2. The maximum absolute atomic E-state index is 12.7. The van der Waals surface area contributed by atoms with Crippen LogP contribution in [0, 0.1) is 0 Å². The van der Waals surface area contributed by atoms with Crippen LogP contribution in [0.3, 0.4) is 0 Å². The van der Waals surface area contributed by atoms with Gasteiger partial charge in [0.15, 0.2) is 0 Å². The second-order valence-electron chi connectivity index (χ2n) is 5.59. The molecule has 0 saturated heterocycles. The quantitative estimate of drug-likeness (QED) is 0.684. The second kappa shape index (κ2) is 7.40. The lowest BCUT2D eigenvalue weighted by Gasteiger charge is -2.09. The van der Waals surface area contributed by atoms with Gasteiger partial charge in [0.25, 0.3) is 0 Å². The van der Waals surface area contributed by atoms with Crippen LogP contribution >= 0.6 is 0 Å². The van der Waals surface area contributed by atoms with Crippen molar-refractivity contribution in [1.29, 1.82) is 0 Å². The number of halogens is 3. The molecule has 6 nitrogen and oxygen atoms in total. The Labute approximate surface area is 151 Å². The van der Waals surface area contributed by atoms with E-state index in [9.17, 15) is 22.8 Å². The number of para-hydroxylation sites is 1. The molecule has 0 unspecified atom stereocenters. The summed E-state index contributed by atoms with van der Waals surface area (Å²) < 4.78 is 38.0. The summed E-state index contributed by atoms with van der Waals surface area (Å²) in [5.41, 5.74) is -0.273. The third-order valence-electron chi connectivity index (χ3n) is 3.54. The number of pyridine rings is 2. The fourth-order valence-electron chi connectivity index (χ4n) is 2.33. The Morgan fingerprint density at radius 3 is 2.37 bits per heavy atom. The summed E-state index contributed by atoms with van der Waals surface area (Å²) in [4.78, 5) is 31.7. The van der Waals surface area contributed by atoms with Gasteiger partial charge >= 0.3 is 6.18 Å². The molecule has 2 N–H and O–H groups in total. The van der Waals surface area contributed by atoms with Crippen molar-refractivity contribution < 1.29 is 22.8 Å². The predicted molar refractivity (Wildman–Crippen MR) is 92.9 cm³/mol. The van der Waals surface area contributed by atoms with Crippen LogP contribution in [0.4, 0.5) is 24.8 Å². The van der Waals surface area contributed by atoms with E-state index in [2.05, 4.69) is 20.6 Å². The smallest absolute Gasteiger partial charge is 0.310 e. The Morgan fingerprint density at radius 1 is 0.926 bits per heavy atom. The standard InChI is InChI=1S/C18H13F3N4O2/c19-18(20,21)12-7-8-22-15(9-12)25-17(27)10-16(26)24-14-6-5-11-3-1-2-4-13(11)23-14/h1-9H,10H2,(H,22,25,27)(H,23,24,26). The zero-order chi connectivity index (χ0) is 19.4. The number of carbonyl (C=O) groups is 2. The summed E-state index contributed by atoms with van der Waals surface area (Å²) in [6.07, 6.45) is -4.22. The molecule has 0 aliphatic rings. The molecule has 2 heterocycles. The van der Waals surface area contributed by atoms with Crippen molar-refractivity contribution in [3.63, 3.8) is 0 Å². The Morgan fingerprint density at radius 2 is 1.63 bits per heavy atom. The Balaban J connectivity index is 1.61. The van der Waals surface area contributed by atoms with Crippen molar-refractivity contribution in [2.24, 2.45) is 0 Å². The molecule has 138 valence electrons. The average molecular weight is 374 g/mol. The van der Waals surface area contributed by atoms with Gasteiger partial charge in [-0.1, -0.05) is 18.2 Å². The van der Waals surface area contributed by atoms with Crippen LogP contribution in [0.15, 0.2) is 54.7 Å². The summed E-state index contributed by atoms with van der Waals surface area (Å²) in [5, 5.41) is 5.54. The molecule has 0 atom stereocenters. The number of anilines is 2. The molecule has 3 rings (SSSR count). The lowest BCUT2D eigenvalue weighted by Crippen LogP contribution is -2.22. The van der Waals surface area contributed by atoms with Gasteiger partial charge in [-0.3, -0.25) is 9.59 Å². The highest BCUT2D eigenvalue weighted by Crippen LogP contribution is 2.29. The normalized spacial score (nSPS) is 11.2. The van der Waals surface area contributed by atoms with Gasteiger partial charge in [0.05, 0.1) is 11.1 Å². The first-order valence-electron chi connectivity index (χ1n) is 7.80. The fraction of sp³-hybridized carbons (Fsp3) is 0.111. The molecule has 0 spiro atoms. The molecular weight excluding hydrogens is 361 g/mol. The van der Waals surface area contributed by atoms with Crippen molar-refractivity contribution >= 4 is 34.4 Å². The van der Waals surface area contributed by atoms with Gasteiger partial charge in [0, 0.05) is 11.6 Å². The SMILES string of the molecule is O=C(CC(=O)Nc1ccc2ccccc2n1)Nc1cc(C(F)(F)F)ccn1. The Hall–Kier alpha value is -3.49. The highest BCUT2D eigenvalue weighted by molar-refractivity contribution is 6.07. The van der Waals surface area contributed by atoms with Crippen LogP contribution in [-0.2, 0) is 15.8 Å². The molecule has 0 radical (unpaired) electrons. The van der Waals surface area contributed by atoms with E-state index in [0.717, 1.165) is 17.6 Å². The van der Waals surface area contributed by atoms with Gasteiger partial charge in [-0.05, 0) is 30.3 Å². The topological polar surface area (TPSA) is 84.0 Å². The molecule has 9 heteroatoms. The first-order chi connectivity index (χ1) is 12.8. The summed E-state index contributed by atoms with van der Waals surface area (Å²) in [7, 11) is 0. The Kier molecular flexibility index (Phi) is 5.02. The highest BCUT2D eigenvalue weighted by Gasteiger charge is 2.30. The molecule has 0 bridgehead atoms. The van der Waals surface area contributed by atoms with E-state index in [1.54, 1.807) is 24.3 Å². The minimum Gasteiger partial charge on any atom is -0.310 e. The maximum Gasteiger partial charge on any atom is 0.416 e. The molecule has 0 saturated carbocycles. The van der Waals surface area contributed by atoms with E-state index in [4.69, 9.17) is 0 Å². The molecule has 2 amide bonds. The average Bonchev–Trinajstić information content (AvgIpc) is 2.61. The van der Waals surface area contributed by atoms with E-state index >= 15 is 0 Å². The molecule has 0 fully saturated rings. The summed E-state index contributed by atoms with van der Waals surface area (Å²) in [6.45, 7) is 0. The highest BCUT2D eigenvalue weighted by atomic mass is 19.4. The largest absolute Gasteiger partial charge is 0.416 e. The summed E-state index contributed by atoms with van der Waals surface area (Å²) in [6, 6.07) is 12.1. The Bertz CT molecular complexity index is 1010. The van der Waals surface area contributed by atoms with Crippen LogP contribution < -0.4 is 10.6 Å². The summed E-state index contributed by atoms with van der Waals surface area (Å²) >= 11 is 0. The van der Waals surface area contributed by atoms with Crippen LogP contribution in [0.5, 0.6) is 0 Å². The number of alkyl halides is 3. The monoisotopic (exact) mass is 374 g/mol. The number of nitrogens with zero attached hydrogens (tertiary/aromatic N) is 2. The van der Waals surface area contributed by atoms with Gasteiger partial charge in [-0.2, -0.15) is 13.2 Å². The van der Waals surface area contributed by atoms with Crippen molar-refractivity contribution in [2.75, 3.05) is 10.6 Å². The number of amides is 2. The number of benzene rings is 1. The van der Waals surface area contributed by atoms with Crippen LogP contribution in [0.25, 0.3) is 10.9 Å². The van der Waals surface area contributed by atoms with Crippen LogP contribution in [-0.4, -0.2) is 21.8 Å². The predicted octanol–water partition coefficient (Wildman–Crippen LogP) is 3.62. The molecule has 2 aromatic heterocycles. The lowest BCUT2D eigenvalue weighted by molar-refractivity contribution is -0.137. The molecule has 27 heavy (non-hydrogen) atoms. The summed E-state index contributed by atoms with van der Waals surface area (Å²) in [5.74, 6) is -1.46. The molecule has 0 aliphatic heterocycles. The van der Waals surface area contributed by atoms with Gasteiger partial charge < -0.3 is 10.6 Å². The third kappa shape index (κ3) is 4.78. The molecule has 0 aliphatic carbocycles. The second-order valence-corrected chi connectivity index (χ2v) is 5.59. The van der Waals surface area contributed by atoms with Crippen molar-refractivity contribution in [2.45, 2.75) is 12.6 Å². The van der Waals surface area contributed by atoms with Crippen molar-refractivity contribution in [3.05, 3.63) is 60.3 Å². The zero-order valence-electron chi connectivity index (χ0n) is 13.7. The van der Waals surface area contributed by atoms with Gasteiger partial charge in [0.2, 0.25) is 11.8 Å². The van der Waals surface area contributed by atoms with E-state index < -0.39 is 30.0 Å². The van der Waals surface area contributed by atoms with Crippen LogP contribution in [0.1, 0.15) is 12.0 Å². The molecule has 3 aromatic rings. The number of fused-ring (bicyclic) bond motifs is 1. The fourth-order valence-corrected chi connectivity index (χ4v) is 2.33. The number of carbonyl (C=O) groups excluding carboxylic acids is 2. The molecule has 1 aromatic carbocycles. The van der Waals surface area contributed by atoms with Gasteiger partial charge in [-0.25, -0.2) is 9.97 Å². The van der Waals surface area contributed by atoms with Crippen molar-refractivity contribution in [1.82, 2.24) is 9.97 Å². The third-order valence-corrected chi connectivity index (χ3v) is 3.54.